The van der Waals surface area contributed by atoms with Crippen LogP contribution in [0.5, 0.6) is 0 Å². The molecular weight excluding hydrogens is 268 g/mol. The minimum absolute atomic E-state index is 0.0647. The highest BCUT2D eigenvalue weighted by molar-refractivity contribution is 5.92. The molecule has 1 aliphatic heterocycles. The van der Waals surface area contributed by atoms with E-state index in [9.17, 15) is 9.59 Å². The maximum absolute atomic E-state index is 12.0. The number of benzene rings is 2. The highest BCUT2D eigenvalue weighted by atomic mass is 16.6. The molecule has 21 heavy (non-hydrogen) atoms. The number of primary amides is 1. The van der Waals surface area contributed by atoms with E-state index in [0.29, 0.717) is 0 Å². The number of amides is 3. The number of imide groups is 1. The lowest BCUT2D eigenvalue weighted by atomic mass is 9.86. The topological polar surface area (TPSA) is 72.6 Å². The van der Waals surface area contributed by atoms with Crippen molar-refractivity contribution in [2.24, 2.45) is 5.73 Å². The zero-order valence-corrected chi connectivity index (χ0v) is 11.2. The number of hydrogen-bond donors (Lipinski definition) is 1. The predicted octanol–water partition coefficient (Wildman–Crippen LogP) is 2.46. The van der Waals surface area contributed by atoms with Gasteiger partial charge >= 0.3 is 12.1 Å². The Morgan fingerprint density at radius 1 is 1.00 bits per heavy atom. The Morgan fingerprint density at radius 2 is 1.48 bits per heavy atom. The van der Waals surface area contributed by atoms with Gasteiger partial charge in [0.25, 0.3) is 0 Å². The fourth-order valence-corrected chi connectivity index (χ4v) is 2.57. The first-order valence-electron chi connectivity index (χ1n) is 6.54. The lowest BCUT2D eigenvalue weighted by Gasteiger charge is -2.27. The van der Waals surface area contributed by atoms with E-state index in [1.54, 1.807) is 0 Å². The second kappa shape index (κ2) is 4.94. The van der Waals surface area contributed by atoms with E-state index in [4.69, 9.17) is 10.5 Å². The van der Waals surface area contributed by atoms with Crippen molar-refractivity contribution in [3.05, 3.63) is 71.8 Å². The molecule has 2 N–H and O–H groups in total. The van der Waals surface area contributed by atoms with E-state index in [-0.39, 0.29) is 6.54 Å². The number of nitrogens with zero attached hydrogens (tertiary/aromatic N) is 1. The Bertz CT molecular complexity index is 631. The normalized spacial score (nSPS) is 16.6. The van der Waals surface area contributed by atoms with Gasteiger partial charge in [-0.05, 0) is 0 Å². The molecule has 0 bridgehead atoms. The van der Waals surface area contributed by atoms with Crippen molar-refractivity contribution in [3.8, 4) is 0 Å². The Morgan fingerprint density at radius 3 is 1.86 bits per heavy atom. The molecule has 0 atom stereocenters. The van der Waals surface area contributed by atoms with E-state index in [2.05, 4.69) is 0 Å². The Hall–Kier alpha value is -2.82. The average molecular weight is 282 g/mol. The highest BCUT2D eigenvalue weighted by Crippen LogP contribution is 2.39. The van der Waals surface area contributed by atoms with Crippen LogP contribution in [0.25, 0.3) is 0 Å². The monoisotopic (exact) mass is 282 g/mol. The van der Waals surface area contributed by atoms with Gasteiger partial charge in [-0.3, -0.25) is 0 Å². The molecule has 0 aromatic heterocycles. The lowest BCUT2D eigenvalue weighted by molar-refractivity contribution is 0.0863. The van der Waals surface area contributed by atoms with Gasteiger partial charge in [-0.2, -0.15) is 0 Å². The van der Waals surface area contributed by atoms with E-state index in [1.807, 2.05) is 60.7 Å². The largest absolute Gasteiger partial charge is 0.431 e. The van der Waals surface area contributed by atoms with Gasteiger partial charge in [-0.1, -0.05) is 60.7 Å². The van der Waals surface area contributed by atoms with Crippen molar-refractivity contribution < 1.29 is 14.3 Å². The van der Waals surface area contributed by atoms with E-state index >= 15 is 0 Å². The maximum atomic E-state index is 12.0. The van der Waals surface area contributed by atoms with Crippen LogP contribution in [-0.4, -0.2) is 23.6 Å². The molecule has 1 saturated heterocycles. The summed E-state index contributed by atoms with van der Waals surface area (Å²) in [6, 6.07) is 17.9. The molecule has 0 spiro atoms. The zero-order valence-electron chi connectivity index (χ0n) is 11.2. The Labute approximate surface area is 121 Å². The molecule has 0 aliphatic carbocycles. The number of ether oxygens (including phenoxy) is 1. The van der Waals surface area contributed by atoms with Gasteiger partial charge in [0.2, 0.25) is 0 Å². The van der Waals surface area contributed by atoms with Gasteiger partial charge in [0.15, 0.2) is 5.60 Å². The molecule has 1 heterocycles. The molecule has 0 radical (unpaired) electrons. The Balaban J connectivity index is 2.14. The minimum Gasteiger partial charge on any atom is -0.431 e. The second-order valence-corrected chi connectivity index (χ2v) is 4.85. The number of hydrogen-bond acceptors (Lipinski definition) is 3. The van der Waals surface area contributed by atoms with Gasteiger partial charge in [-0.25, -0.2) is 14.5 Å². The van der Waals surface area contributed by atoms with Crippen LogP contribution in [0.1, 0.15) is 11.1 Å². The molecule has 3 rings (SSSR count). The van der Waals surface area contributed by atoms with Crippen LogP contribution in [0.4, 0.5) is 9.59 Å². The van der Waals surface area contributed by atoms with Gasteiger partial charge in [0.1, 0.15) is 0 Å². The zero-order chi connectivity index (χ0) is 14.9. The summed E-state index contributed by atoms with van der Waals surface area (Å²) in [5.41, 5.74) is 5.83. The van der Waals surface area contributed by atoms with Crippen LogP contribution in [-0.2, 0) is 10.3 Å². The van der Waals surface area contributed by atoms with Crippen LogP contribution in [0.3, 0.4) is 0 Å². The number of cyclic esters (lactones) is 1. The highest BCUT2D eigenvalue weighted by Gasteiger charge is 2.49. The van der Waals surface area contributed by atoms with Crippen molar-refractivity contribution >= 4 is 12.1 Å². The smallest absolute Gasteiger partial charge is 0.419 e. The summed E-state index contributed by atoms with van der Waals surface area (Å²) in [5, 5.41) is 0. The van der Waals surface area contributed by atoms with Crippen molar-refractivity contribution in [3.63, 3.8) is 0 Å². The molecule has 2 aromatic carbocycles. The van der Waals surface area contributed by atoms with E-state index in [0.717, 1.165) is 16.0 Å². The third-order valence-corrected chi connectivity index (χ3v) is 3.61. The molecule has 5 nitrogen and oxygen atoms in total. The molecular formula is C16H14N2O3. The van der Waals surface area contributed by atoms with Crippen LogP contribution < -0.4 is 5.73 Å². The second-order valence-electron chi connectivity index (χ2n) is 4.85. The third kappa shape index (κ3) is 2.12. The van der Waals surface area contributed by atoms with Crippen molar-refractivity contribution in [1.29, 1.82) is 0 Å². The van der Waals surface area contributed by atoms with Crippen LogP contribution in [0.2, 0.25) is 0 Å². The van der Waals surface area contributed by atoms with Crippen molar-refractivity contribution in [1.82, 2.24) is 4.90 Å². The van der Waals surface area contributed by atoms with Gasteiger partial charge in [-0.15, -0.1) is 0 Å². The molecule has 1 fully saturated rings. The first-order valence-corrected chi connectivity index (χ1v) is 6.54. The fourth-order valence-electron chi connectivity index (χ4n) is 2.57. The van der Waals surface area contributed by atoms with Gasteiger partial charge in [0.05, 0.1) is 6.54 Å². The Kier molecular flexibility index (Phi) is 3.10. The molecule has 0 unspecified atom stereocenters. The summed E-state index contributed by atoms with van der Waals surface area (Å²) in [7, 11) is 0. The van der Waals surface area contributed by atoms with Gasteiger partial charge in [0, 0.05) is 11.1 Å². The average Bonchev–Trinajstić information content (AvgIpc) is 2.88. The minimum atomic E-state index is -1.02. The number of nitrogens with two attached hydrogens (primary N) is 1. The standard InChI is InChI=1S/C16H14N2O3/c17-14(19)18-11-16(21-15(18)20,12-7-3-1-4-8-12)13-9-5-2-6-10-13/h1-10H,11H2,(H2,17,19). The SMILES string of the molecule is NC(=O)N1CC(c2ccccc2)(c2ccccc2)OC1=O. The fraction of sp³-hybridized carbons (Fsp3) is 0.125. The van der Waals surface area contributed by atoms with Gasteiger partial charge < -0.3 is 10.5 Å². The summed E-state index contributed by atoms with van der Waals surface area (Å²) >= 11 is 0. The molecule has 2 aromatic rings. The summed E-state index contributed by atoms with van der Waals surface area (Å²) in [4.78, 5) is 24.3. The molecule has 5 heteroatoms. The van der Waals surface area contributed by atoms with Crippen molar-refractivity contribution in [2.45, 2.75) is 5.60 Å². The summed E-state index contributed by atoms with van der Waals surface area (Å²) < 4.78 is 5.58. The molecule has 3 amide bonds. The summed E-state index contributed by atoms with van der Waals surface area (Å²) in [5.74, 6) is 0. The maximum Gasteiger partial charge on any atom is 0.419 e. The molecule has 0 saturated carbocycles. The van der Waals surface area contributed by atoms with E-state index < -0.39 is 17.7 Å². The van der Waals surface area contributed by atoms with Crippen LogP contribution in [0.15, 0.2) is 60.7 Å². The number of carbonyl (C=O) groups excluding carboxylic acids is 2. The van der Waals surface area contributed by atoms with E-state index in [1.165, 1.54) is 0 Å². The van der Waals surface area contributed by atoms with Crippen molar-refractivity contribution in [2.75, 3.05) is 6.54 Å². The molecule has 1 aliphatic rings. The summed E-state index contributed by atoms with van der Waals surface area (Å²) in [6.07, 6.45) is -0.727. The number of rotatable bonds is 2. The third-order valence-electron chi connectivity index (χ3n) is 3.61. The first-order chi connectivity index (χ1) is 10.1. The lowest BCUT2D eigenvalue weighted by Crippen LogP contribution is -2.39. The summed E-state index contributed by atoms with van der Waals surface area (Å²) in [6.45, 7) is 0.0647. The predicted molar refractivity (Wildman–Crippen MR) is 76.4 cm³/mol. The number of urea groups is 1. The van der Waals surface area contributed by atoms with Crippen LogP contribution >= 0.6 is 0 Å². The van der Waals surface area contributed by atoms with Crippen LogP contribution in [0, 0.1) is 0 Å². The quantitative estimate of drug-likeness (QED) is 0.919. The number of carbonyl (C=O) groups is 2. The molecule has 106 valence electrons. The first kappa shape index (κ1) is 13.2.